The van der Waals surface area contributed by atoms with Crippen LogP contribution < -0.4 is 10.6 Å². The van der Waals surface area contributed by atoms with Crippen LogP contribution in [0.5, 0.6) is 0 Å². The van der Waals surface area contributed by atoms with Crippen molar-refractivity contribution in [3.05, 3.63) is 54.0 Å². The molecule has 1 aliphatic heterocycles. The summed E-state index contributed by atoms with van der Waals surface area (Å²) in [6, 6.07) is 9.69. The summed E-state index contributed by atoms with van der Waals surface area (Å²) >= 11 is 0. The number of nitrogens with two attached hydrogens (primary N) is 1. The zero-order valence-electron chi connectivity index (χ0n) is 12.1. The number of hydrogen-bond donors (Lipinski definition) is 1. The standard InChI is InChI=1S/C16H17FN4O/c17-13-1-3-14(4-2-13)20-7-9-21(10-8-20)16(22)12-5-6-19-15(18)11-12/h1-6,11H,7-10H2,(H2,18,19). The summed E-state index contributed by atoms with van der Waals surface area (Å²) in [6.07, 6.45) is 1.54. The van der Waals surface area contributed by atoms with E-state index in [2.05, 4.69) is 9.88 Å². The van der Waals surface area contributed by atoms with Crippen molar-refractivity contribution in [3.8, 4) is 0 Å². The van der Waals surface area contributed by atoms with Crippen molar-refractivity contribution in [2.75, 3.05) is 36.8 Å². The van der Waals surface area contributed by atoms with Crippen LogP contribution in [0.1, 0.15) is 10.4 Å². The minimum Gasteiger partial charge on any atom is -0.384 e. The molecule has 3 rings (SSSR count). The van der Waals surface area contributed by atoms with Gasteiger partial charge >= 0.3 is 0 Å². The number of aromatic nitrogens is 1. The summed E-state index contributed by atoms with van der Waals surface area (Å²) in [4.78, 5) is 20.3. The van der Waals surface area contributed by atoms with Gasteiger partial charge in [0.25, 0.3) is 5.91 Å². The SMILES string of the molecule is Nc1cc(C(=O)N2CCN(c3ccc(F)cc3)CC2)ccn1. The zero-order valence-corrected chi connectivity index (χ0v) is 12.1. The lowest BCUT2D eigenvalue weighted by molar-refractivity contribution is 0.0746. The molecule has 2 heterocycles. The van der Waals surface area contributed by atoms with E-state index in [4.69, 9.17) is 5.73 Å². The van der Waals surface area contributed by atoms with Crippen molar-refractivity contribution in [1.29, 1.82) is 0 Å². The van der Waals surface area contributed by atoms with E-state index >= 15 is 0 Å². The number of hydrogen-bond acceptors (Lipinski definition) is 4. The maximum Gasteiger partial charge on any atom is 0.254 e. The third kappa shape index (κ3) is 3.00. The lowest BCUT2D eigenvalue weighted by Gasteiger charge is -2.36. The van der Waals surface area contributed by atoms with E-state index in [1.807, 2.05) is 0 Å². The van der Waals surface area contributed by atoms with Crippen molar-refractivity contribution < 1.29 is 9.18 Å². The third-order valence-corrected chi connectivity index (χ3v) is 3.79. The third-order valence-electron chi connectivity index (χ3n) is 3.79. The molecular formula is C16H17FN4O. The molecule has 0 saturated carbocycles. The van der Waals surface area contributed by atoms with E-state index in [1.165, 1.54) is 18.3 Å². The van der Waals surface area contributed by atoms with Crippen LogP contribution in [-0.4, -0.2) is 42.0 Å². The lowest BCUT2D eigenvalue weighted by atomic mass is 10.2. The quantitative estimate of drug-likeness (QED) is 0.918. The Morgan fingerprint density at radius 2 is 1.77 bits per heavy atom. The van der Waals surface area contributed by atoms with Crippen LogP contribution in [-0.2, 0) is 0 Å². The molecule has 0 unspecified atom stereocenters. The number of pyridine rings is 1. The van der Waals surface area contributed by atoms with E-state index < -0.39 is 0 Å². The van der Waals surface area contributed by atoms with Crippen LogP contribution in [0.2, 0.25) is 0 Å². The van der Waals surface area contributed by atoms with Gasteiger partial charge in [-0.2, -0.15) is 0 Å². The zero-order chi connectivity index (χ0) is 15.5. The molecule has 1 aliphatic rings. The van der Waals surface area contributed by atoms with Crippen molar-refractivity contribution in [2.45, 2.75) is 0 Å². The van der Waals surface area contributed by atoms with Crippen LogP contribution in [0.15, 0.2) is 42.6 Å². The number of rotatable bonds is 2. The molecular weight excluding hydrogens is 283 g/mol. The fraction of sp³-hybridized carbons (Fsp3) is 0.250. The van der Waals surface area contributed by atoms with Gasteiger partial charge in [-0.3, -0.25) is 4.79 Å². The molecule has 2 aromatic rings. The highest BCUT2D eigenvalue weighted by Gasteiger charge is 2.22. The minimum absolute atomic E-state index is 0.0344. The van der Waals surface area contributed by atoms with Gasteiger partial charge in [0.1, 0.15) is 11.6 Å². The number of benzene rings is 1. The maximum atomic E-state index is 13.0. The Hall–Kier alpha value is -2.63. The number of amides is 1. The molecule has 0 spiro atoms. The Morgan fingerprint density at radius 1 is 1.09 bits per heavy atom. The van der Waals surface area contributed by atoms with Gasteiger partial charge in [-0.05, 0) is 36.4 Å². The van der Waals surface area contributed by atoms with Gasteiger partial charge in [-0.25, -0.2) is 9.37 Å². The summed E-state index contributed by atoms with van der Waals surface area (Å²) in [5, 5.41) is 0. The fourth-order valence-electron chi connectivity index (χ4n) is 2.58. The molecule has 1 aromatic carbocycles. The second-order valence-electron chi connectivity index (χ2n) is 5.23. The Morgan fingerprint density at radius 3 is 2.41 bits per heavy atom. The Bertz CT molecular complexity index is 666. The molecule has 5 nitrogen and oxygen atoms in total. The topological polar surface area (TPSA) is 62.5 Å². The van der Waals surface area contributed by atoms with E-state index in [1.54, 1.807) is 29.2 Å². The number of piperazine rings is 1. The Balaban J connectivity index is 1.64. The summed E-state index contributed by atoms with van der Waals surface area (Å²) in [6.45, 7) is 2.69. The molecule has 0 atom stereocenters. The maximum absolute atomic E-state index is 13.0. The number of nitrogens with zero attached hydrogens (tertiary/aromatic N) is 3. The van der Waals surface area contributed by atoms with Crippen LogP contribution in [0.25, 0.3) is 0 Å². The molecule has 114 valence electrons. The van der Waals surface area contributed by atoms with E-state index in [-0.39, 0.29) is 11.7 Å². The molecule has 1 saturated heterocycles. The number of carbonyl (C=O) groups is 1. The van der Waals surface area contributed by atoms with Gasteiger partial charge < -0.3 is 15.5 Å². The van der Waals surface area contributed by atoms with Gasteiger partial charge in [0.2, 0.25) is 0 Å². The van der Waals surface area contributed by atoms with Gasteiger partial charge in [0.05, 0.1) is 0 Å². The summed E-state index contributed by atoms with van der Waals surface area (Å²) in [5.41, 5.74) is 7.15. The van der Waals surface area contributed by atoms with Crippen LogP contribution in [0.4, 0.5) is 15.9 Å². The normalized spacial score (nSPS) is 15.0. The van der Waals surface area contributed by atoms with Crippen molar-refractivity contribution in [2.24, 2.45) is 0 Å². The van der Waals surface area contributed by atoms with Gasteiger partial charge in [0.15, 0.2) is 0 Å². The number of nitrogen functional groups attached to an aromatic ring is 1. The van der Waals surface area contributed by atoms with E-state index in [0.29, 0.717) is 24.5 Å². The van der Waals surface area contributed by atoms with Crippen molar-refractivity contribution in [1.82, 2.24) is 9.88 Å². The minimum atomic E-state index is -0.243. The predicted octanol–water partition coefficient (Wildman–Crippen LogP) is 1.77. The second kappa shape index (κ2) is 6.01. The molecule has 0 aliphatic carbocycles. The first-order valence-corrected chi connectivity index (χ1v) is 7.15. The van der Waals surface area contributed by atoms with E-state index in [0.717, 1.165) is 18.8 Å². The molecule has 0 bridgehead atoms. The summed E-state index contributed by atoms with van der Waals surface area (Å²) in [5.74, 6) is 0.0662. The highest BCUT2D eigenvalue weighted by Crippen LogP contribution is 2.18. The fourth-order valence-corrected chi connectivity index (χ4v) is 2.58. The van der Waals surface area contributed by atoms with Crippen LogP contribution in [0.3, 0.4) is 0 Å². The number of carbonyl (C=O) groups excluding carboxylic acids is 1. The highest BCUT2D eigenvalue weighted by atomic mass is 19.1. The highest BCUT2D eigenvalue weighted by molar-refractivity contribution is 5.94. The van der Waals surface area contributed by atoms with E-state index in [9.17, 15) is 9.18 Å². The Kier molecular flexibility index (Phi) is 3.91. The molecule has 0 radical (unpaired) electrons. The number of anilines is 2. The molecule has 1 fully saturated rings. The lowest BCUT2D eigenvalue weighted by Crippen LogP contribution is -2.48. The molecule has 1 amide bonds. The molecule has 1 aromatic heterocycles. The first-order chi connectivity index (χ1) is 10.6. The van der Waals surface area contributed by atoms with Gasteiger partial charge in [0, 0.05) is 43.6 Å². The average molecular weight is 300 g/mol. The first kappa shape index (κ1) is 14.3. The van der Waals surface area contributed by atoms with Crippen LogP contribution in [0, 0.1) is 5.82 Å². The predicted molar refractivity (Wildman–Crippen MR) is 83.2 cm³/mol. The van der Waals surface area contributed by atoms with Gasteiger partial charge in [-0.15, -0.1) is 0 Å². The van der Waals surface area contributed by atoms with Crippen molar-refractivity contribution in [3.63, 3.8) is 0 Å². The smallest absolute Gasteiger partial charge is 0.254 e. The Labute approximate surface area is 128 Å². The van der Waals surface area contributed by atoms with Crippen molar-refractivity contribution >= 4 is 17.4 Å². The monoisotopic (exact) mass is 300 g/mol. The summed E-state index contributed by atoms with van der Waals surface area (Å²) in [7, 11) is 0. The van der Waals surface area contributed by atoms with Gasteiger partial charge in [-0.1, -0.05) is 0 Å². The molecule has 6 heteroatoms. The average Bonchev–Trinajstić information content (AvgIpc) is 2.55. The second-order valence-corrected chi connectivity index (χ2v) is 5.23. The summed E-state index contributed by atoms with van der Waals surface area (Å²) < 4.78 is 13.0. The molecule has 2 N–H and O–H groups in total. The first-order valence-electron chi connectivity index (χ1n) is 7.15. The molecule has 22 heavy (non-hydrogen) atoms. The largest absolute Gasteiger partial charge is 0.384 e. The number of halogens is 1. The van der Waals surface area contributed by atoms with Crippen LogP contribution >= 0.6 is 0 Å².